The molecular weight excluding hydrogens is 232 g/mol. The zero-order chi connectivity index (χ0) is 13.1. The van der Waals surface area contributed by atoms with Crippen LogP contribution in [0.2, 0.25) is 0 Å². The summed E-state index contributed by atoms with van der Waals surface area (Å²) < 4.78 is 0. The maximum Gasteiger partial charge on any atom is 0.0414 e. The van der Waals surface area contributed by atoms with Crippen LogP contribution in [0.1, 0.15) is 43.7 Å². The predicted molar refractivity (Wildman–Crippen MR) is 81.7 cm³/mol. The first-order valence-corrected chi connectivity index (χ1v) is 7.95. The monoisotopic (exact) mass is 258 g/mol. The highest BCUT2D eigenvalue weighted by atomic mass is 15.1. The van der Waals surface area contributed by atoms with Crippen LogP contribution in [0.5, 0.6) is 0 Å². The zero-order valence-corrected chi connectivity index (χ0v) is 12.1. The van der Waals surface area contributed by atoms with Gasteiger partial charge in [-0.3, -0.25) is 0 Å². The Morgan fingerprint density at radius 1 is 1.26 bits per heavy atom. The Balaban J connectivity index is 1.81. The summed E-state index contributed by atoms with van der Waals surface area (Å²) in [5, 5.41) is 3.53. The molecule has 0 aromatic heterocycles. The van der Waals surface area contributed by atoms with E-state index < -0.39 is 0 Å². The first-order chi connectivity index (χ1) is 9.38. The van der Waals surface area contributed by atoms with E-state index in [0.29, 0.717) is 0 Å². The molecule has 0 radical (unpaired) electrons. The molecule has 2 aliphatic heterocycles. The van der Waals surface area contributed by atoms with Gasteiger partial charge >= 0.3 is 0 Å². The lowest BCUT2D eigenvalue weighted by atomic mass is 9.98. The molecule has 1 atom stereocenters. The van der Waals surface area contributed by atoms with Crippen molar-refractivity contribution < 1.29 is 0 Å². The Hall–Kier alpha value is -1.02. The largest absolute Gasteiger partial charge is 0.371 e. The lowest BCUT2D eigenvalue weighted by molar-refractivity contribution is 0.459. The molecule has 0 bridgehead atoms. The number of hydrogen-bond acceptors (Lipinski definition) is 2. The standard InChI is InChI=1S/C17H26N2/c1-2-14-5-4-11-19(12-9-14)17-7-3-6-15-8-10-18-13-16(15)17/h3,6-7,14,18H,2,4-5,8-13H2,1H3. The van der Waals surface area contributed by atoms with Gasteiger partial charge in [-0.2, -0.15) is 0 Å². The Morgan fingerprint density at radius 2 is 2.21 bits per heavy atom. The van der Waals surface area contributed by atoms with Gasteiger partial charge in [0.1, 0.15) is 0 Å². The van der Waals surface area contributed by atoms with Crippen LogP contribution in [0.15, 0.2) is 18.2 Å². The summed E-state index contributed by atoms with van der Waals surface area (Å²) in [6.07, 6.45) is 6.68. The van der Waals surface area contributed by atoms with Gasteiger partial charge in [-0.25, -0.2) is 0 Å². The molecule has 19 heavy (non-hydrogen) atoms. The summed E-state index contributed by atoms with van der Waals surface area (Å²) >= 11 is 0. The van der Waals surface area contributed by atoms with Gasteiger partial charge in [-0.05, 0) is 55.3 Å². The van der Waals surface area contributed by atoms with Crippen molar-refractivity contribution >= 4 is 5.69 Å². The van der Waals surface area contributed by atoms with Crippen LogP contribution in [0.4, 0.5) is 5.69 Å². The molecule has 1 aromatic rings. The smallest absolute Gasteiger partial charge is 0.0414 e. The Bertz CT molecular complexity index is 427. The molecule has 3 rings (SSSR count). The van der Waals surface area contributed by atoms with Crippen LogP contribution in [0.25, 0.3) is 0 Å². The van der Waals surface area contributed by atoms with E-state index in [1.54, 1.807) is 11.1 Å². The molecule has 2 aliphatic rings. The number of nitrogens with one attached hydrogen (secondary N) is 1. The van der Waals surface area contributed by atoms with E-state index in [0.717, 1.165) is 19.0 Å². The van der Waals surface area contributed by atoms with Crippen molar-refractivity contribution in [1.82, 2.24) is 5.32 Å². The van der Waals surface area contributed by atoms with E-state index in [1.807, 2.05) is 0 Å². The number of hydrogen-bond donors (Lipinski definition) is 1. The summed E-state index contributed by atoms with van der Waals surface area (Å²) in [6.45, 7) is 7.02. The molecule has 0 spiro atoms. The molecular formula is C17H26N2. The van der Waals surface area contributed by atoms with Crippen LogP contribution in [0.3, 0.4) is 0 Å². The van der Waals surface area contributed by atoms with Crippen molar-refractivity contribution in [3.63, 3.8) is 0 Å². The summed E-state index contributed by atoms with van der Waals surface area (Å²) in [7, 11) is 0. The zero-order valence-electron chi connectivity index (χ0n) is 12.1. The van der Waals surface area contributed by atoms with Crippen molar-refractivity contribution in [1.29, 1.82) is 0 Å². The molecule has 1 aromatic carbocycles. The normalized spacial score (nSPS) is 23.8. The molecule has 2 heterocycles. The second-order valence-corrected chi connectivity index (χ2v) is 6.03. The fourth-order valence-corrected chi connectivity index (χ4v) is 3.61. The van der Waals surface area contributed by atoms with Gasteiger partial charge in [0.05, 0.1) is 0 Å². The minimum Gasteiger partial charge on any atom is -0.371 e. The highest BCUT2D eigenvalue weighted by Gasteiger charge is 2.20. The average molecular weight is 258 g/mol. The van der Waals surface area contributed by atoms with Crippen LogP contribution in [0, 0.1) is 5.92 Å². The number of fused-ring (bicyclic) bond motifs is 1. The van der Waals surface area contributed by atoms with Gasteiger partial charge in [-0.1, -0.05) is 25.5 Å². The van der Waals surface area contributed by atoms with Crippen molar-refractivity contribution in [2.24, 2.45) is 5.92 Å². The molecule has 1 N–H and O–H groups in total. The number of rotatable bonds is 2. The maximum absolute atomic E-state index is 3.53. The second kappa shape index (κ2) is 5.96. The lowest BCUT2D eigenvalue weighted by Gasteiger charge is -2.29. The first kappa shape index (κ1) is 13.0. The van der Waals surface area contributed by atoms with Crippen molar-refractivity contribution in [3.8, 4) is 0 Å². The number of anilines is 1. The van der Waals surface area contributed by atoms with Crippen molar-refractivity contribution in [3.05, 3.63) is 29.3 Å². The van der Waals surface area contributed by atoms with E-state index in [2.05, 4.69) is 35.3 Å². The number of nitrogens with zero attached hydrogens (tertiary/aromatic N) is 1. The minimum absolute atomic E-state index is 0.947. The predicted octanol–water partition coefficient (Wildman–Crippen LogP) is 3.35. The molecule has 1 saturated heterocycles. The van der Waals surface area contributed by atoms with Gasteiger partial charge in [0.25, 0.3) is 0 Å². The fourth-order valence-electron chi connectivity index (χ4n) is 3.61. The highest BCUT2D eigenvalue weighted by Crippen LogP contribution is 2.30. The van der Waals surface area contributed by atoms with E-state index in [9.17, 15) is 0 Å². The van der Waals surface area contributed by atoms with Gasteiger partial charge < -0.3 is 10.2 Å². The molecule has 1 fully saturated rings. The third-order valence-electron chi connectivity index (χ3n) is 4.89. The van der Waals surface area contributed by atoms with E-state index in [1.165, 1.54) is 50.9 Å². The molecule has 0 amide bonds. The van der Waals surface area contributed by atoms with Crippen LogP contribution < -0.4 is 10.2 Å². The lowest BCUT2D eigenvalue weighted by Crippen LogP contribution is -2.30. The highest BCUT2D eigenvalue weighted by molar-refractivity contribution is 5.57. The number of benzene rings is 1. The third-order valence-corrected chi connectivity index (χ3v) is 4.89. The molecule has 104 valence electrons. The molecule has 1 unspecified atom stereocenters. The van der Waals surface area contributed by atoms with Crippen molar-refractivity contribution in [2.75, 3.05) is 24.5 Å². The Kier molecular flexibility index (Phi) is 4.07. The van der Waals surface area contributed by atoms with Crippen LogP contribution in [-0.2, 0) is 13.0 Å². The van der Waals surface area contributed by atoms with Gasteiger partial charge in [0.15, 0.2) is 0 Å². The topological polar surface area (TPSA) is 15.3 Å². The van der Waals surface area contributed by atoms with E-state index in [4.69, 9.17) is 0 Å². The first-order valence-electron chi connectivity index (χ1n) is 7.95. The van der Waals surface area contributed by atoms with Crippen molar-refractivity contribution in [2.45, 2.75) is 45.6 Å². The summed E-state index contributed by atoms with van der Waals surface area (Å²) in [5.41, 5.74) is 4.62. The fraction of sp³-hybridized carbons (Fsp3) is 0.647. The third kappa shape index (κ3) is 2.79. The molecule has 0 aliphatic carbocycles. The summed E-state index contributed by atoms with van der Waals surface area (Å²) in [4.78, 5) is 2.64. The van der Waals surface area contributed by atoms with Crippen LogP contribution in [-0.4, -0.2) is 19.6 Å². The molecule has 2 heteroatoms. The summed E-state index contributed by atoms with van der Waals surface area (Å²) in [5.74, 6) is 0.947. The Morgan fingerprint density at radius 3 is 3.11 bits per heavy atom. The molecule has 2 nitrogen and oxygen atoms in total. The van der Waals surface area contributed by atoms with Crippen LogP contribution >= 0.6 is 0 Å². The quantitative estimate of drug-likeness (QED) is 0.875. The summed E-state index contributed by atoms with van der Waals surface area (Å²) in [6, 6.07) is 6.89. The van der Waals surface area contributed by atoms with Gasteiger partial charge in [-0.15, -0.1) is 0 Å². The minimum atomic E-state index is 0.947. The van der Waals surface area contributed by atoms with Gasteiger partial charge in [0, 0.05) is 25.3 Å². The SMILES string of the molecule is CCC1CCCN(c2cccc3c2CNCC3)CC1. The van der Waals surface area contributed by atoms with E-state index >= 15 is 0 Å². The van der Waals surface area contributed by atoms with Gasteiger partial charge in [0.2, 0.25) is 0 Å². The van der Waals surface area contributed by atoms with E-state index in [-0.39, 0.29) is 0 Å². The average Bonchev–Trinajstić information content (AvgIpc) is 2.72. The Labute approximate surface area is 117 Å². The molecule has 0 saturated carbocycles. The maximum atomic E-state index is 3.53. The second-order valence-electron chi connectivity index (χ2n) is 6.03.